The average Bonchev–Trinajstić information content (AvgIpc) is 2.89. The molecule has 2 N–H and O–H groups in total. The van der Waals surface area contributed by atoms with Crippen LogP contribution in [0.15, 0.2) is 23.2 Å². The predicted octanol–water partition coefficient (Wildman–Crippen LogP) is 2.67. The minimum atomic E-state index is 0.641. The third-order valence-electron chi connectivity index (χ3n) is 3.75. The maximum Gasteiger partial charge on any atom is 0.195 e. The number of aliphatic imine (C=N–C) groups is 1. The highest BCUT2D eigenvalue weighted by Crippen LogP contribution is 2.32. The Balaban J connectivity index is 1.80. The fourth-order valence-electron chi connectivity index (χ4n) is 2.44. The molecule has 0 aliphatic carbocycles. The van der Waals surface area contributed by atoms with Crippen LogP contribution in [-0.4, -0.2) is 59.2 Å². The van der Waals surface area contributed by atoms with Gasteiger partial charge in [0.1, 0.15) is 0 Å². The highest BCUT2D eigenvalue weighted by Gasteiger charge is 2.11. The van der Waals surface area contributed by atoms with Crippen LogP contribution in [0.5, 0.6) is 11.5 Å². The Kier molecular flexibility index (Phi) is 9.67. The number of ether oxygens (including phenoxy) is 4. The maximum absolute atomic E-state index is 5.74. The number of methoxy groups -OCH3 is 1. The van der Waals surface area contributed by atoms with Crippen molar-refractivity contribution in [1.29, 1.82) is 0 Å². The monoisotopic (exact) mass is 365 g/mol. The lowest BCUT2D eigenvalue weighted by atomic mass is 10.2. The van der Waals surface area contributed by atoms with Crippen LogP contribution in [0, 0.1) is 0 Å². The molecule has 0 amide bonds. The van der Waals surface area contributed by atoms with Crippen molar-refractivity contribution in [1.82, 2.24) is 5.32 Å². The molecule has 26 heavy (non-hydrogen) atoms. The summed E-state index contributed by atoms with van der Waals surface area (Å²) in [7, 11) is 1.68. The second kappa shape index (κ2) is 12.4. The van der Waals surface area contributed by atoms with E-state index in [0.29, 0.717) is 26.4 Å². The summed E-state index contributed by atoms with van der Waals surface area (Å²) in [5, 5.41) is 6.59. The van der Waals surface area contributed by atoms with E-state index in [1.807, 2.05) is 18.2 Å². The molecule has 146 valence electrons. The first-order valence-corrected chi connectivity index (χ1v) is 9.35. The predicted molar refractivity (Wildman–Crippen MR) is 104 cm³/mol. The number of nitrogens with one attached hydrogen (secondary N) is 2. The van der Waals surface area contributed by atoms with Crippen LogP contribution < -0.4 is 20.1 Å². The second-order valence-electron chi connectivity index (χ2n) is 5.91. The summed E-state index contributed by atoms with van der Waals surface area (Å²) < 4.78 is 21.8. The Morgan fingerprint density at radius 1 is 1.12 bits per heavy atom. The van der Waals surface area contributed by atoms with E-state index < -0.39 is 0 Å². The molecule has 0 spiro atoms. The SMILES string of the molecule is CCNC(=NCCCCOCCOC)Nc1ccc2c(c1)OCCCO2. The maximum atomic E-state index is 5.74. The topological polar surface area (TPSA) is 73.3 Å². The van der Waals surface area contributed by atoms with Gasteiger partial charge in [-0.3, -0.25) is 4.99 Å². The van der Waals surface area contributed by atoms with E-state index in [1.165, 1.54) is 0 Å². The van der Waals surface area contributed by atoms with E-state index in [4.69, 9.17) is 18.9 Å². The molecule has 0 unspecified atom stereocenters. The molecule has 1 aliphatic heterocycles. The molecular weight excluding hydrogens is 334 g/mol. The smallest absolute Gasteiger partial charge is 0.195 e. The Labute approximate surface area is 156 Å². The van der Waals surface area contributed by atoms with Crippen molar-refractivity contribution in [3.8, 4) is 11.5 Å². The number of hydrogen-bond donors (Lipinski definition) is 2. The number of nitrogens with zero attached hydrogens (tertiary/aromatic N) is 1. The van der Waals surface area contributed by atoms with Crippen LogP contribution in [0.4, 0.5) is 5.69 Å². The first-order chi connectivity index (χ1) is 12.8. The first-order valence-electron chi connectivity index (χ1n) is 9.35. The van der Waals surface area contributed by atoms with Gasteiger partial charge in [0, 0.05) is 45.0 Å². The Bertz CT molecular complexity index is 552. The van der Waals surface area contributed by atoms with Gasteiger partial charge in [0.15, 0.2) is 17.5 Å². The Morgan fingerprint density at radius 3 is 2.77 bits per heavy atom. The zero-order chi connectivity index (χ0) is 18.5. The van der Waals surface area contributed by atoms with Crippen molar-refractivity contribution in [2.75, 3.05) is 58.6 Å². The molecule has 1 aromatic rings. The zero-order valence-corrected chi connectivity index (χ0v) is 15.9. The van der Waals surface area contributed by atoms with E-state index in [0.717, 1.165) is 62.1 Å². The van der Waals surface area contributed by atoms with Gasteiger partial charge in [-0.1, -0.05) is 0 Å². The van der Waals surface area contributed by atoms with Gasteiger partial charge in [0.2, 0.25) is 0 Å². The third kappa shape index (κ3) is 7.49. The molecule has 0 fully saturated rings. The van der Waals surface area contributed by atoms with Gasteiger partial charge < -0.3 is 29.6 Å². The minimum absolute atomic E-state index is 0.641. The van der Waals surface area contributed by atoms with Crippen LogP contribution in [0.3, 0.4) is 0 Å². The fraction of sp³-hybridized carbons (Fsp3) is 0.632. The van der Waals surface area contributed by atoms with Crippen molar-refractivity contribution in [2.45, 2.75) is 26.2 Å². The Morgan fingerprint density at radius 2 is 1.96 bits per heavy atom. The number of fused-ring (bicyclic) bond motifs is 1. The number of rotatable bonds is 10. The van der Waals surface area contributed by atoms with E-state index >= 15 is 0 Å². The van der Waals surface area contributed by atoms with Crippen LogP contribution >= 0.6 is 0 Å². The van der Waals surface area contributed by atoms with Crippen LogP contribution in [-0.2, 0) is 9.47 Å². The molecule has 1 aromatic carbocycles. The van der Waals surface area contributed by atoms with Gasteiger partial charge in [0.25, 0.3) is 0 Å². The first kappa shape index (κ1) is 20.3. The largest absolute Gasteiger partial charge is 0.490 e. The molecule has 0 atom stereocenters. The lowest BCUT2D eigenvalue weighted by molar-refractivity contribution is 0.0690. The fourth-order valence-corrected chi connectivity index (χ4v) is 2.44. The molecule has 0 saturated heterocycles. The van der Waals surface area contributed by atoms with Gasteiger partial charge in [-0.2, -0.15) is 0 Å². The van der Waals surface area contributed by atoms with E-state index in [9.17, 15) is 0 Å². The van der Waals surface area contributed by atoms with Crippen LogP contribution in [0.2, 0.25) is 0 Å². The molecule has 0 bridgehead atoms. The molecule has 7 heteroatoms. The normalized spacial score (nSPS) is 14.0. The lowest BCUT2D eigenvalue weighted by Crippen LogP contribution is -2.30. The van der Waals surface area contributed by atoms with E-state index in [2.05, 4.69) is 22.5 Å². The number of benzene rings is 1. The van der Waals surface area contributed by atoms with Crippen molar-refractivity contribution < 1.29 is 18.9 Å². The number of guanidine groups is 1. The van der Waals surface area contributed by atoms with Gasteiger partial charge in [-0.25, -0.2) is 0 Å². The highest BCUT2D eigenvalue weighted by atomic mass is 16.5. The summed E-state index contributed by atoms with van der Waals surface area (Å²) in [6, 6.07) is 5.87. The molecular formula is C19H31N3O4. The summed E-state index contributed by atoms with van der Waals surface area (Å²) in [6.07, 6.45) is 2.86. The average molecular weight is 365 g/mol. The van der Waals surface area contributed by atoms with Crippen LogP contribution in [0.25, 0.3) is 0 Å². The summed E-state index contributed by atoms with van der Waals surface area (Å²) >= 11 is 0. The molecule has 1 aliphatic rings. The summed E-state index contributed by atoms with van der Waals surface area (Å²) in [6.45, 7) is 7.00. The van der Waals surface area contributed by atoms with Gasteiger partial charge >= 0.3 is 0 Å². The zero-order valence-electron chi connectivity index (χ0n) is 15.9. The van der Waals surface area contributed by atoms with Gasteiger partial charge in [0.05, 0.1) is 26.4 Å². The second-order valence-corrected chi connectivity index (χ2v) is 5.91. The standard InChI is InChI=1S/C19H31N3O4/c1-3-20-19(21-9-4-5-10-24-14-13-23-2)22-16-7-8-17-18(15-16)26-12-6-11-25-17/h7-8,15H,3-6,9-14H2,1-2H3,(H2,20,21,22). The van der Waals surface area contributed by atoms with E-state index in [1.54, 1.807) is 7.11 Å². The molecule has 0 radical (unpaired) electrons. The molecule has 1 heterocycles. The molecule has 2 rings (SSSR count). The van der Waals surface area contributed by atoms with E-state index in [-0.39, 0.29) is 0 Å². The molecule has 0 aromatic heterocycles. The van der Waals surface area contributed by atoms with Gasteiger partial charge in [-0.15, -0.1) is 0 Å². The minimum Gasteiger partial charge on any atom is -0.490 e. The Hall–Kier alpha value is -1.99. The summed E-state index contributed by atoms with van der Waals surface area (Å²) in [4.78, 5) is 4.62. The van der Waals surface area contributed by atoms with Crippen molar-refractivity contribution in [2.24, 2.45) is 4.99 Å². The summed E-state index contributed by atoms with van der Waals surface area (Å²) in [5.41, 5.74) is 0.928. The number of hydrogen-bond acceptors (Lipinski definition) is 5. The van der Waals surface area contributed by atoms with Crippen LogP contribution in [0.1, 0.15) is 26.2 Å². The number of unbranched alkanes of at least 4 members (excludes halogenated alkanes) is 1. The van der Waals surface area contributed by atoms with Crippen molar-refractivity contribution in [3.05, 3.63) is 18.2 Å². The molecule has 0 saturated carbocycles. The third-order valence-corrected chi connectivity index (χ3v) is 3.75. The highest BCUT2D eigenvalue weighted by molar-refractivity contribution is 5.93. The number of anilines is 1. The van der Waals surface area contributed by atoms with Crippen molar-refractivity contribution >= 4 is 11.6 Å². The lowest BCUT2D eigenvalue weighted by Gasteiger charge is -2.13. The van der Waals surface area contributed by atoms with Gasteiger partial charge in [-0.05, 0) is 31.9 Å². The van der Waals surface area contributed by atoms with Crippen molar-refractivity contribution in [3.63, 3.8) is 0 Å². The summed E-state index contributed by atoms with van der Waals surface area (Å²) in [5.74, 6) is 2.34. The quantitative estimate of drug-likeness (QED) is 0.377. The molecule has 7 nitrogen and oxygen atoms in total.